The van der Waals surface area contributed by atoms with Crippen LogP contribution >= 0.6 is 11.3 Å². The van der Waals surface area contributed by atoms with Crippen molar-refractivity contribution in [2.24, 2.45) is 0 Å². The van der Waals surface area contributed by atoms with Gasteiger partial charge in [-0.2, -0.15) is 0 Å². The van der Waals surface area contributed by atoms with Crippen molar-refractivity contribution < 1.29 is 26.6 Å². The van der Waals surface area contributed by atoms with Gasteiger partial charge in [0, 0.05) is 14.8 Å². The zero-order chi connectivity index (χ0) is 12.5. The normalized spacial score (nSPS) is 10.1. The van der Waals surface area contributed by atoms with Gasteiger partial charge in [0.25, 0.3) is 0 Å². The SMILES string of the molecule is O=[C-]Oc1cccc2sc3ccccc3c(=O)c12.[Cu+]. The van der Waals surface area contributed by atoms with Gasteiger partial charge < -0.3 is 9.53 Å². The first-order chi connectivity index (χ1) is 8.81. The van der Waals surface area contributed by atoms with Crippen LogP contribution in [-0.4, -0.2) is 6.47 Å². The number of hydrogen-bond acceptors (Lipinski definition) is 4. The van der Waals surface area contributed by atoms with E-state index in [1.807, 2.05) is 24.3 Å². The molecule has 98 valence electrons. The second-order valence-corrected chi connectivity index (χ2v) is 4.83. The Labute approximate surface area is 123 Å². The Bertz CT molecular complexity index is 810. The van der Waals surface area contributed by atoms with E-state index in [0.717, 1.165) is 9.40 Å². The first-order valence-corrected chi connectivity index (χ1v) is 6.11. The van der Waals surface area contributed by atoms with E-state index in [1.54, 1.807) is 18.2 Å². The molecule has 0 amide bonds. The molecule has 3 rings (SSSR count). The summed E-state index contributed by atoms with van der Waals surface area (Å²) < 4.78 is 6.47. The summed E-state index contributed by atoms with van der Waals surface area (Å²) in [6.07, 6.45) is 0. The molecule has 0 N–H and O–H groups in total. The van der Waals surface area contributed by atoms with E-state index in [2.05, 4.69) is 0 Å². The Balaban J connectivity index is 0.00000133. The summed E-state index contributed by atoms with van der Waals surface area (Å²) in [6.45, 7) is 1.37. The molecule has 0 aliphatic carbocycles. The van der Waals surface area contributed by atoms with E-state index < -0.39 is 0 Å². The molecule has 0 fully saturated rings. The van der Waals surface area contributed by atoms with Crippen LogP contribution in [0.25, 0.3) is 20.2 Å². The van der Waals surface area contributed by atoms with Crippen LogP contribution in [0.1, 0.15) is 0 Å². The standard InChI is InChI=1S/C14H7O3S.Cu/c15-8-17-10-5-3-7-12-13(10)14(16)9-4-1-2-6-11(9)18-12;/h1-7H;/q-1;+1. The van der Waals surface area contributed by atoms with Crippen molar-refractivity contribution in [2.75, 3.05) is 0 Å². The Hall–Kier alpha value is -1.68. The molecule has 0 unspecified atom stereocenters. The molecule has 0 bridgehead atoms. The second-order valence-electron chi connectivity index (χ2n) is 3.74. The predicted octanol–water partition coefficient (Wildman–Crippen LogP) is 2.86. The molecule has 0 saturated heterocycles. The molecule has 3 aromatic rings. The summed E-state index contributed by atoms with van der Waals surface area (Å²) >= 11 is 1.50. The van der Waals surface area contributed by atoms with E-state index >= 15 is 0 Å². The molecule has 0 saturated carbocycles. The molecule has 0 spiro atoms. The van der Waals surface area contributed by atoms with Gasteiger partial charge in [0.05, 0.1) is 0 Å². The average Bonchev–Trinajstić information content (AvgIpc) is 2.39. The summed E-state index contributed by atoms with van der Waals surface area (Å²) in [5.74, 6) is 0.259. The van der Waals surface area contributed by atoms with Crippen molar-refractivity contribution in [1.29, 1.82) is 0 Å². The van der Waals surface area contributed by atoms with Crippen LogP contribution in [0.15, 0.2) is 47.3 Å². The first-order valence-electron chi connectivity index (χ1n) is 5.30. The van der Waals surface area contributed by atoms with Crippen LogP contribution in [0.2, 0.25) is 0 Å². The third-order valence-corrected chi connectivity index (χ3v) is 3.85. The summed E-state index contributed by atoms with van der Waals surface area (Å²) in [5, 5.41) is 1.07. The monoisotopic (exact) mass is 318 g/mol. The third kappa shape index (κ3) is 2.28. The molecule has 1 heterocycles. The Kier molecular flexibility index (Phi) is 4.00. The Morgan fingerprint density at radius 2 is 1.74 bits per heavy atom. The van der Waals surface area contributed by atoms with Gasteiger partial charge in [-0.3, -0.25) is 4.79 Å². The zero-order valence-corrected chi connectivity index (χ0v) is 11.2. The predicted molar refractivity (Wildman–Crippen MR) is 71.9 cm³/mol. The Morgan fingerprint density at radius 3 is 2.53 bits per heavy atom. The third-order valence-electron chi connectivity index (χ3n) is 2.72. The van der Waals surface area contributed by atoms with Crippen LogP contribution in [-0.2, 0) is 21.9 Å². The van der Waals surface area contributed by atoms with Crippen molar-refractivity contribution in [3.05, 3.63) is 52.7 Å². The summed E-state index contributed by atoms with van der Waals surface area (Å²) in [5.41, 5.74) is -0.120. The molecular formula is C14H7CuO3S. The molecule has 3 nitrogen and oxygen atoms in total. The number of carbonyl (C=O) groups excluding carboxylic acids is 1. The molecule has 0 aliphatic heterocycles. The van der Waals surface area contributed by atoms with Gasteiger partial charge in [-0.05, 0) is 29.3 Å². The van der Waals surface area contributed by atoms with Gasteiger partial charge in [-0.15, -0.1) is 17.4 Å². The maximum absolute atomic E-state index is 12.4. The van der Waals surface area contributed by atoms with Gasteiger partial charge in [-0.25, -0.2) is 0 Å². The number of fused-ring (bicyclic) bond motifs is 2. The topological polar surface area (TPSA) is 43.4 Å². The van der Waals surface area contributed by atoms with Crippen molar-refractivity contribution in [2.45, 2.75) is 0 Å². The Morgan fingerprint density at radius 1 is 1.00 bits per heavy atom. The number of ether oxygens (including phenoxy) is 1. The molecule has 2 aromatic carbocycles. The van der Waals surface area contributed by atoms with Crippen LogP contribution in [0, 0.1) is 0 Å². The van der Waals surface area contributed by atoms with Crippen molar-refractivity contribution in [3.63, 3.8) is 0 Å². The van der Waals surface area contributed by atoms with Crippen molar-refractivity contribution in [1.82, 2.24) is 0 Å². The smallest absolute Gasteiger partial charge is 0.609 e. The minimum atomic E-state index is -0.120. The number of benzene rings is 2. The maximum Gasteiger partial charge on any atom is 1.00 e. The zero-order valence-electron chi connectivity index (χ0n) is 9.48. The number of hydrogen-bond donors (Lipinski definition) is 0. The summed E-state index contributed by atoms with van der Waals surface area (Å²) in [6, 6.07) is 12.6. The molecule has 19 heavy (non-hydrogen) atoms. The fraction of sp³-hybridized carbons (Fsp3) is 0. The van der Waals surface area contributed by atoms with E-state index in [9.17, 15) is 9.59 Å². The summed E-state index contributed by atoms with van der Waals surface area (Å²) in [4.78, 5) is 22.7. The van der Waals surface area contributed by atoms with Gasteiger partial charge in [0.15, 0.2) is 11.9 Å². The van der Waals surface area contributed by atoms with Crippen LogP contribution in [0.3, 0.4) is 0 Å². The van der Waals surface area contributed by atoms with Crippen LogP contribution < -0.4 is 10.2 Å². The largest absolute Gasteiger partial charge is 1.00 e. The van der Waals surface area contributed by atoms with Gasteiger partial charge in [0.1, 0.15) is 0 Å². The van der Waals surface area contributed by atoms with E-state index in [1.165, 1.54) is 17.8 Å². The van der Waals surface area contributed by atoms with Crippen LogP contribution in [0.4, 0.5) is 0 Å². The van der Waals surface area contributed by atoms with E-state index in [0.29, 0.717) is 10.8 Å². The molecule has 0 atom stereocenters. The van der Waals surface area contributed by atoms with E-state index in [-0.39, 0.29) is 28.2 Å². The molecule has 1 aromatic heterocycles. The quantitative estimate of drug-likeness (QED) is 0.414. The van der Waals surface area contributed by atoms with Gasteiger partial charge in [0.2, 0.25) is 0 Å². The fourth-order valence-electron chi connectivity index (χ4n) is 1.95. The number of rotatable bonds is 2. The van der Waals surface area contributed by atoms with Gasteiger partial charge in [-0.1, -0.05) is 18.2 Å². The maximum atomic E-state index is 12.4. The van der Waals surface area contributed by atoms with Crippen molar-refractivity contribution >= 4 is 38.0 Å². The average molecular weight is 319 g/mol. The van der Waals surface area contributed by atoms with E-state index in [4.69, 9.17) is 4.74 Å². The summed E-state index contributed by atoms with van der Waals surface area (Å²) in [7, 11) is 0. The van der Waals surface area contributed by atoms with Crippen LogP contribution in [0.5, 0.6) is 5.75 Å². The fourth-order valence-corrected chi connectivity index (χ4v) is 3.04. The molecule has 5 heteroatoms. The first kappa shape index (κ1) is 13.7. The molecule has 0 aliphatic rings. The van der Waals surface area contributed by atoms with Crippen molar-refractivity contribution in [3.8, 4) is 5.75 Å². The molecular weight excluding hydrogens is 312 g/mol. The minimum absolute atomic E-state index is 0. The second kappa shape index (κ2) is 5.53. The molecule has 0 radical (unpaired) electrons. The van der Waals surface area contributed by atoms with Gasteiger partial charge >= 0.3 is 17.1 Å². The minimum Gasteiger partial charge on any atom is -0.609 e.